The predicted molar refractivity (Wildman–Crippen MR) is 139 cm³/mol. The summed E-state index contributed by atoms with van der Waals surface area (Å²) in [6.07, 6.45) is -0.368. The van der Waals surface area contributed by atoms with E-state index in [2.05, 4.69) is 0 Å². The number of carbonyl (C=O) groups excluding carboxylic acids is 2. The second kappa shape index (κ2) is 9.78. The molecule has 0 spiro atoms. The van der Waals surface area contributed by atoms with Gasteiger partial charge in [0, 0.05) is 5.39 Å². The first kappa shape index (κ1) is 24.1. The van der Waals surface area contributed by atoms with Crippen molar-refractivity contribution in [2.24, 2.45) is 0 Å². The van der Waals surface area contributed by atoms with Crippen LogP contribution >= 0.6 is 0 Å². The van der Waals surface area contributed by atoms with Crippen LogP contribution in [0.15, 0.2) is 78.9 Å². The van der Waals surface area contributed by atoms with Crippen molar-refractivity contribution >= 4 is 34.2 Å². The quantitative estimate of drug-likeness (QED) is 0.318. The van der Waals surface area contributed by atoms with Gasteiger partial charge in [0.05, 0.1) is 29.3 Å². The Morgan fingerprint density at radius 3 is 2.22 bits per heavy atom. The molecule has 0 unspecified atom stereocenters. The van der Waals surface area contributed by atoms with E-state index >= 15 is 0 Å². The molecule has 4 aromatic carbocycles. The number of imide groups is 1. The summed E-state index contributed by atoms with van der Waals surface area (Å²) >= 11 is 0. The van der Waals surface area contributed by atoms with Crippen LogP contribution in [-0.2, 0) is 17.8 Å². The molecule has 4 aromatic rings. The van der Waals surface area contributed by atoms with E-state index in [0.29, 0.717) is 34.7 Å². The Labute approximate surface area is 213 Å². The van der Waals surface area contributed by atoms with E-state index < -0.39 is 17.8 Å². The number of benzene rings is 4. The number of ether oxygens (including phenoxy) is 2. The molecule has 0 bridgehead atoms. The van der Waals surface area contributed by atoms with Crippen LogP contribution in [0.2, 0.25) is 0 Å². The lowest BCUT2D eigenvalue weighted by Gasteiger charge is -2.16. The van der Waals surface area contributed by atoms with Crippen molar-refractivity contribution in [1.29, 1.82) is 0 Å². The smallest absolute Gasteiger partial charge is 0.307 e. The summed E-state index contributed by atoms with van der Waals surface area (Å²) in [4.78, 5) is 39.7. The van der Waals surface area contributed by atoms with Gasteiger partial charge in [0.15, 0.2) is 0 Å². The maximum absolute atomic E-state index is 13.8. The third kappa shape index (κ3) is 4.63. The number of carboxylic acids is 1. The van der Waals surface area contributed by atoms with Crippen LogP contribution in [0.25, 0.3) is 10.8 Å². The molecule has 7 nitrogen and oxygen atoms in total. The number of rotatable bonds is 8. The van der Waals surface area contributed by atoms with Crippen LogP contribution in [-0.4, -0.2) is 29.0 Å². The lowest BCUT2D eigenvalue weighted by atomic mass is 9.98. The standard InChI is InChI=1S/C30H25NO6/c1-18(2)37-24-16-21-9-6-10-23(36-17-20-7-4-3-5-8-20)26(21)28-27(24)29(34)31(30(28)35)22-13-11-19(12-14-22)15-25(32)33/h3-14,16,18H,15,17H2,1-2H3,(H,32,33). The first-order chi connectivity index (χ1) is 17.8. The van der Waals surface area contributed by atoms with Gasteiger partial charge in [-0.2, -0.15) is 0 Å². The van der Waals surface area contributed by atoms with E-state index in [1.54, 1.807) is 36.4 Å². The summed E-state index contributed by atoms with van der Waals surface area (Å²) in [5.41, 5.74) is 2.32. The van der Waals surface area contributed by atoms with Gasteiger partial charge < -0.3 is 14.6 Å². The topological polar surface area (TPSA) is 93.1 Å². The summed E-state index contributed by atoms with van der Waals surface area (Å²) in [6.45, 7) is 4.02. The zero-order chi connectivity index (χ0) is 26.1. The minimum Gasteiger partial charge on any atom is -0.490 e. The van der Waals surface area contributed by atoms with Crippen molar-refractivity contribution in [1.82, 2.24) is 0 Å². The van der Waals surface area contributed by atoms with Gasteiger partial charge in [0.25, 0.3) is 11.8 Å². The minimum atomic E-state index is -0.960. The normalized spacial score (nSPS) is 12.8. The Balaban J connectivity index is 1.62. The number of carboxylic acid groups (broad SMARTS) is 1. The largest absolute Gasteiger partial charge is 0.490 e. The molecule has 0 saturated heterocycles. The maximum atomic E-state index is 13.8. The molecular weight excluding hydrogens is 470 g/mol. The molecule has 186 valence electrons. The zero-order valence-corrected chi connectivity index (χ0v) is 20.4. The number of hydrogen-bond acceptors (Lipinski definition) is 5. The van der Waals surface area contributed by atoms with Crippen molar-refractivity contribution in [2.45, 2.75) is 33.0 Å². The molecule has 0 atom stereocenters. The van der Waals surface area contributed by atoms with E-state index in [1.807, 2.05) is 56.3 Å². The van der Waals surface area contributed by atoms with Crippen molar-refractivity contribution in [2.75, 3.05) is 4.90 Å². The number of carbonyl (C=O) groups is 3. The van der Waals surface area contributed by atoms with Crippen LogP contribution in [0.4, 0.5) is 5.69 Å². The Morgan fingerprint density at radius 2 is 1.54 bits per heavy atom. The van der Waals surface area contributed by atoms with Crippen molar-refractivity contribution in [3.05, 3.63) is 101 Å². The van der Waals surface area contributed by atoms with Gasteiger partial charge in [-0.1, -0.05) is 54.6 Å². The Morgan fingerprint density at radius 1 is 0.838 bits per heavy atom. The molecule has 37 heavy (non-hydrogen) atoms. The van der Waals surface area contributed by atoms with E-state index in [4.69, 9.17) is 14.6 Å². The van der Waals surface area contributed by atoms with E-state index in [-0.39, 0.29) is 23.7 Å². The molecule has 1 aliphatic rings. The Hall–Kier alpha value is -4.65. The molecule has 0 aliphatic carbocycles. The highest BCUT2D eigenvalue weighted by molar-refractivity contribution is 6.39. The average Bonchev–Trinajstić information content (AvgIpc) is 3.13. The number of hydrogen-bond donors (Lipinski definition) is 1. The second-order valence-electron chi connectivity index (χ2n) is 9.10. The van der Waals surface area contributed by atoms with Gasteiger partial charge in [0.2, 0.25) is 0 Å². The number of aliphatic carboxylic acids is 1. The maximum Gasteiger partial charge on any atom is 0.307 e. The van der Waals surface area contributed by atoms with Crippen LogP contribution in [0.3, 0.4) is 0 Å². The van der Waals surface area contributed by atoms with E-state index in [9.17, 15) is 14.4 Å². The third-order valence-electron chi connectivity index (χ3n) is 6.08. The van der Waals surface area contributed by atoms with Crippen LogP contribution < -0.4 is 14.4 Å². The van der Waals surface area contributed by atoms with Crippen molar-refractivity contribution in [3.8, 4) is 11.5 Å². The van der Waals surface area contributed by atoms with E-state index in [0.717, 1.165) is 15.8 Å². The van der Waals surface area contributed by atoms with Gasteiger partial charge in [-0.3, -0.25) is 14.4 Å². The minimum absolute atomic E-state index is 0.151. The number of fused-ring (bicyclic) bond motifs is 3. The first-order valence-electron chi connectivity index (χ1n) is 12.0. The second-order valence-corrected chi connectivity index (χ2v) is 9.10. The molecule has 0 fully saturated rings. The molecule has 1 heterocycles. The molecule has 0 saturated carbocycles. The fourth-order valence-corrected chi connectivity index (χ4v) is 4.51. The Bertz CT molecular complexity index is 1510. The monoisotopic (exact) mass is 495 g/mol. The summed E-state index contributed by atoms with van der Waals surface area (Å²) in [7, 11) is 0. The highest BCUT2D eigenvalue weighted by Crippen LogP contribution is 2.43. The highest BCUT2D eigenvalue weighted by atomic mass is 16.5. The number of amides is 2. The number of nitrogens with zero attached hydrogens (tertiary/aromatic N) is 1. The Kier molecular flexibility index (Phi) is 6.36. The fourth-order valence-electron chi connectivity index (χ4n) is 4.51. The zero-order valence-electron chi connectivity index (χ0n) is 20.4. The average molecular weight is 496 g/mol. The summed E-state index contributed by atoms with van der Waals surface area (Å²) in [5.74, 6) is -1.12. The summed E-state index contributed by atoms with van der Waals surface area (Å²) in [5, 5.41) is 10.3. The first-order valence-corrected chi connectivity index (χ1v) is 12.0. The van der Waals surface area contributed by atoms with Crippen LogP contribution in [0, 0.1) is 0 Å². The lowest BCUT2D eigenvalue weighted by molar-refractivity contribution is -0.136. The van der Waals surface area contributed by atoms with Crippen molar-refractivity contribution in [3.63, 3.8) is 0 Å². The fraction of sp³-hybridized carbons (Fsp3) is 0.167. The molecule has 7 heteroatoms. The van der Waals surface area contributed by atoms with Crippen molar-refractivity contribution < 1.29 is 29.0 Å². The van der Waals surface area contributed by atoms with Gasteiger partial charge in [-0.05, 0) is 54.6 Å². The predicted octanol–water partition coefficient (Wildman–Crippen LogP) is 5.63. The van der Waals surface area contributed by atoms with Gasteiger partial charge in [-0.25, -0.2) is 4.90 Å². The molecular formula is C30H25NO6. The molecule has 5 rings (SSSR count). The third-order valence-corrected chi connectivity index (χ3v) is 6.08. The van der Waals surface area contributed by atoms with Gasteiger partial charge in [-0.15, -0.1) is 0 Å². The van der Waals surface area contributed by atoms with Gasteiger partial charge in [0.1, 0.15) is 18.1 Å². The molecule has 0 aromatic heterocycles. The van der Waals surface area contributed by atoms with E-state index in [1.165, 1.54) is 0 Å². The number of anilines is 1. The lowest BCUT2D eigenvalue weighted by Crippen LogP contribution is -2.29. The highest BCUT2D eigenvalue weighted by Gasteiger charge is 2.42. The van der Waals surface area contributed by atoms with Gasteiger partial charge >= 0.3 is 5.97 Å². The SMILES string of the molecule is CC(C)Oc1cc2cccc(OCc3ccccc3)c2c2c1C(=O)N(c1ccc(CC(=O)O)cc1)C2=O. The van der Waals surface area contributed by atoms with Crippen LogP contribution in [0.1, 0.15) is 45.7 Å². The van der Waals surface area contributed by atoms with Crippen LogP contribution in [0.5, 0.6) is 11.5 Å². The summed E-state index contributed by atoms with van der Waals surface area (Å²) in [6, 6.07) is 23.3. The molecule has 1 N–H and O–H groups in total. The molecule has 0 radical (unpaired) electrons. The molecule has 2 amide bonds. The molecule has 1 aliphatic heterocycles. The summed E-state index contributed by atoms with van der Waals surface area (Å²) < 4.78 is 12.1.